The minimum absolute atomic E-state index is 0.0641. The van der Waals surface area contributed by atoms with Crippen molar-refractivity contribution in [3.63, 3.8) is 0 Å². The number of halogens is 3. The Hall–Kier alpha value is -0.680. The first-order valence-corrected chi connectivity index (χ1v) is 6.20. The summed E-state index contributed by atoms with van der Waals surface area (Å²) in [6.45, 7) is 3.69. The predicted octanol–water partition coefficient (Wildman–Crippen LogP) is 3.89. The molecule has 0 bridgehead atoms. The second-order valence-corrected chi connectivity index (χ2v) is 5.36. The van der Waals surface area contributed by atoms with E-state index in [1.54, 1.807) is 19.1 Å². The summed E-state index contributed by atoms with van der Waals surface area (Å²) in [6.07, 6.45) is 1.49. The van der Waals surface area contributed by atoms with Gasteiger partial charge in [-0.15, -0.1) is 0 Å². The van der Waals surface area contributed by atoms with Crippen molar-refractivity contribution in [2.45, 2.75) is 43.1 Å². The number of benzene rings is 1. The Morgan fingerprint density at radius 3 is 2.47 bits per heavy atom. The van der Waals surface area contributed by atoms with Crippen LogP contribution in [0.4, 0.5) is 13.2 Å². The minimum Gasteiger partial charge on any atom is -0.328 e. The van der Waals surface area contributed by atoms with Gasteiger partial charge in [-0.1, -0.05) is 6.07 Å². The molecule has 0 amide bonds. The molecular weight excluding hydrogens is 247 g/mol. The third-order valence-corrected chi connectivity index (χ3v) is 2.94. The zero-order valence-electron chi connectivity index (χ0n) is 9.84. The molecule has 0 saturated carbocycles. The van der Waals surface area contributed by atoms with Gasteiger partial charge in [-0.3, -0.25) is 0 Å². The van der Waals surface area contributed by atoms with Crippen molar-refractivity contribution in [2.24, 2.45) is 5.73 Å². The molecule has 0 heterocycles. The molecule has 0 fully saturated rings. The molecule has 0 spiro atoms. The van der Waals surface area contributed by atoms with Crippen LogP contribution in [0.3, 0.4) is 0 Å². The third kappa shape index (κ3) is 5.98. The largest absolute Gasteiger partial charge is 0.446 e. The van der Waals surface area contributed by atoms with Crippen LogP contribution in [0, 0.1) is 6.92 Å². The number of aryl methyl sites for hydroxylation is 2. The molecule has 0 aliphatic rings. The lowest BCUT2D eigenvalue weighted by Gasteiger charge is -2.10. The topological polar surface area (TPSA) is 26.0 Å². The normalized spacial score (nSPS) is 13.8. The van der Waals surface area contributed by atoms with Gasteiger partial charge in [-0.05, 0) is 61.7 Å². The summed E-state index contributed by atoms with van der Waals surface area (Å²) in [4.78, 5) is 0.247. The molecule has 1 aromatic carbocycles. The zero-order valence-corrected chi connectivity index (χ0v) is 10.7. The van der Waals surface area contributed by atoms with Crippen LogP contribution in [0.5, 0.6) is 0 Å². The number of nitrogens with two attached hydrogens (primary N) is 1. The summed E-state index contributed by atoms with van der Waals surface area (Å²) in [7, 11) is 0. The summed E-state index contributed by atoms with van der Waals surface area (Å²) in [5.41, 5.74) is 3.16. The van der Waals surface area contributed by atoms with E-state index in [0.29, 0.717) is 6.42 Å². The molecule has 0 aromatic heterocycles. The van der Waals surface area contributed by atoms with Crippen molar-refractivity contribution in [3.8, 4) is 0 Å². The summed E-state index contributed by atoms with van der Waals surface area (Å²) in [5, 5.41) is 0. The molecule has 5 heteroatoms. The fraction of sp³-hybridized carbons (Fsp3) is 0.500. The second kappa shape index (κ2) is 5.78. The van der Waals surface area contributed by atoms with E-state index in [9.17, 15) is 13.2 Å². The van der Waals surface area contributed by atoms with Crippen LogP contribution >= 0.6 is 11.8 Å². The maximum absolute atomic E-state index is 12.3. The number of alkyl halides is 3. The molecule has 2 N–H and O–H groups in total. The predicted molar refractivity (Wildman–Crippen MR) is 65.1 cm³/mol. The van der Waals surface area contributed by atoms with E-state index >= 15 is 0 Å². The molecule has 0 saturated heterocycles. The van der Waals surface area contributed by atoms with Gasteiger partial charge >= 0.3 is 5.51 Å². The molecule has 1 atom stereocenters. The van der Waals surface area contributed by atoms with E-state index in [4.69, 9.17) is 5.73 Å². The van der Waals surface area contributed by atoms with Gasteiger partial charge in [0.25, 0.3) is 0 Å². The molecule has 0 aliphatic heterocycles. The van der Waals surface area contributed by atoms with Crippen molar-refractivity contribution >= 4 is 11.8 Å². The Balaban J connectivity index is 2.79. The van der Waals surface area contributed by atoms with Crippen molar-refractivity contribution in [3.05, 3.63) is 29.3 Å². The fourth-order valence-electron chi connectivity index (χ4n) is 1.56. The van der Waals surface area contributed by atoms with Gasteiger partial charge in [0, 0.05) is 10.9 Å². The Morgan fingerprint density at radius 2 is 1.94 bits per heavy atom. The first-order valence-electron chi connectivity index (χ1n) is 5.38. The van der Waals surface area contributed by atoms with Crippen LogP contribution in [0.25, 0.3) is 0 Å². The van der Waals surface area contributed by atoms with E-state index in [2.05, 4.69) is 0 Å². The Kier molecular flexibility index (Phi) is 4.89. The highest BCUT2D eigenvalue weighted by molar-refractivity contribution is 8.00. The van der Waals surface area contributed by atoms with Gasteiger partial charge in [0.2, 0.25) is 0 Å². The maximum atomic E-state index is 12.3. The molecule has 1 nitrogen and oxygen atoms in total. The first kappa shape index (κ1) is 14.4. The standard InChI is InChI=1S/C12H16F3NS/c1-8-5-10(4-3-9(2)16)7-11(6-8)17-12(13,14)15/h5-7,9H,3-4,16H2,1-2H3/t9-/m1/s1. The average Bonchev–Trinajstić information content (AvgIpc) is 2.10. The second-order valence-electron chi connectivity index (χ2n) is 4.22. The number of rotatable bonds is 4. The highest BCUT2D eigenvalue weighted by atomic mass is 32.2. The lowest BCUT2D eigenvalue weighted by molar-refractivity contribution is -0.0328. The number of hydrogen-bond acceptors (Lipinski definition) is 2. The highest BCUT2D eigenvalue weighted by Crippen LogP contribution is 2.37. The van der Waals surface area contributed by atoms with E-state index in [1.807, 2.05) is 13.0 Å². The Labute approximate surface area is 104 Å². The van der Waals surface area contributed by atoms with Crippen LogP contribution in [0.2, 0.25) is 0 Å². The fourth-order valence-corrected chi connectivity index (χ4v) is 2.28. The maximum Gasteiger partial charge on any atom is 0.446 e. The van der Waals surface area contributed by atoms with E-state index < -0.39 is 5.51 Å². The van der Waals surface area contributed by atoms with Crippen molar-refractivity contribution in [1.82, 2.24) is 0 Å². The lowest BCUT2D eigenvalue weighted by atomic mass is 10.0. The monoisotopic (exact) mass is 263 g/mol. The van der Waals surface area contributed by atoms with E-state index in [0.717, 1.165) is 17.5 Å². The molecule has 0 radical (unpaired) electrons. The molecule has 1 aromatic rings. The van der Waals surface area contributed by atoms with Crippen molar-refractivity contribution in [1.29, 1.82) is 0 Å². The number of hydrogen-bond donors (Lipinski definition) is 1. The average molecular weight is 263 g/mol. The van der Waals surface area contributed by atoms with Gasteiger partial charge in [0.1, 0.15) is 0 Å². The smallest absolute Gasteiger partial charge is 0.328 e. The molecule has 1 rings (SSSR count). The molecule has 17 heavy (non-hydrogen) atoms. The van der Waals surface area contributed by atoms with Crippen LogP contribution in [0.15, 0.2) is 23.1 Å². The van der Waals surface area contributed by atoms with E-state index in [-0.39, 0.29) is 22.7 Å². The Morgan fingerprint density at radius 1 is 1.29 bits per heavy atom. The quantitative estimate of drug-likeness (QED) is 0.834. The van der Waals surface area contributed by atoms with Crippen molar-refractivity contribution in [2.75, 3.05) is 0 Å². The third-order valence-electron chi connectivity index (χ3n) is 2.23. The molecular formula is C12H16F3NS. The van der Waals surface area contributed by atoms with E-state index in [1.165, 1.54) is 0 Å². The molecule has 0 aliphatic carbocycles. The van der Waals surface area contributed by atoms with Crippen LogP contribution in [0.1, 0.15) is 24.5 Å². The van der Waals surface area contributed by atoms with Gasteiger partial charge in [-0.2, -0.15) is 13.2 Å². The van der Waals surface area contributed by atoms with Gasteiger partial charge in [0.15, 0.2) is 0 Å². The van der Waals surface area contributed by atoms with Crippen LogP contribution < -0.4 is 5.73 Å². The molecule has 96 valence electrons. The summed E-state index contributed by atoms with van der Waals surface area (Å²) in [5.74, 6) is 0. The molecule has 0 unspecified atom stereocenters. The van der Waals surface area contributed by atoms with Crippen molar-refractivity contribution < 1.29 is 13.2 Å². The first-order chi connectivity index (χ1) is 7.76. The minimum atomic E-state index is -4.23. The summed E-state index contributed by atoms with van der Waals surface area (Å²) >= 11 is -0.0679. The summed E-state index contributed by atoms with van der Waals surface area (Å²) < 4.78 is 36.8. The van der Waals surface area contributed by atoms with Gasteiger partial charge in [0.05, 0.1) is 0 Å². The Bertz CT molecular complexity index is 375. The number of thioether (sulfide) groups is 1. The SMILES string of the molecule is Cc1cc(CC[C@@H](C)N)cc(SC(F)(F)F)c1. The van der Waals surface area contributed by atoms with Crippen LogP contribution in [-0.2, 0) is 6.42 Å². The van der Waals surface area contributed by atoms with Crippen LogP contribution in [-0.4, -0.2) is 11.6 Å². The van der Waals surface area contributed by atoms with Gasteiger partial charge in [-0.25, -0.2) is 0 Å². The highest BCUT2D eigenvalue weighted by Gasteiger charge is 2.29. The lowest BCUT2D eigenvalue weighted by Crippen LogP contribution is -2.15. The summed E-state index contributed by atoms with van der Waals surface area (Å²) in [6, 6.07) is 5.11. The van der Waals surface area contributed by atoms with Gasteiger partial charge < -0.3 is 5.73 Å². The zero-order chi connectivity index (χ0) is 13.1.